The molecule has 0 spiro atoms. The molecule has 1 aromatic carbocycles. The van der Waals surface area contributed by atoms with Crippen molar-refractivity contribution < 1.29 is 9.59 Å². The highest BCUT2D eigenvalue weighted by Gasteiger charge is 2.21. The van der Waals surface area contributed by atoms with Gasteiger partial charge in [-0.2, -0.15) is 11.3 Å². The van der Waals surface area contributed by atoms with Crippen molar-refractivity contribution in [1.82, 2.24) is 9.80 Å². The van der Waals surface area contributed by atoms with E-state index in [2.05, 4.69) is 16.3 Å². The van der Waals surface area contributed by atoms with Gasteiger partial charge < -0.3 is 10.2 Å². The molecule has 1 aromatic heterocycles. The van der Waals surface area contributed by atoms with E-state index in [0.717, 1.165) is 42.9 Å². The molecular formula is C20H25N3O2S. The molecule has 0 saturated carbocycles. The highest BCUT2D eigenvalue weighted by Crippen LogP contribution is 2.16. The number of carbonyl (C=O) groups is 2. The molecule has 138 valence electrons. The van der Waals surface area contributed by atoms with E-state index in [1.807, 2.05) is 47.7 Å². The minimum absolute atomic E-state index is 0.00503. The van der Waals surface area contributed by atoms with E-state index in [0.29, 0.717) is 13.1 Å². The zero-order chi connectivity index (χ0) is 18.5. The average molecular weight is 372 g/mol. The van der Waals surface area contributed by atoms with Crippen molar-refractivity contribution in [2.24, 2.45) is 0 Å². The SMILES string of the molecule is Cc1ccc(NC(=O)CN2CCCN(C(=O)c3ccsc3)CC2)c(C)c1. The van der Waals surface area contributed by atoms with E-state index in [4.69, 9.17) is 0 Å². The molecule has 6 heteroatoms. The molecule has 0 unspecified atom stereocenters. The van der Waals surface area contributed by atoms with Gasteiger partial charge in [-0.05, 0) is 43.3 Å². The lowest BCUT2D eigenvalue weighted by Gasteiger charge is -2.21. The molecule has 0 bridgehead atoms. The predicted molar refractivity (Wildman–Crippen MR) is 106 cm³/mol. The quantitative estimate of drug-likeness (QED) is 0.898. The summed E-state index contributed by atoms with van der Waals surface area (Å²) >= 11 is 1.54. The van der Waals surface area contributed by atoms with Crippen LogP contribution >= 0.6 is 11.3 Å². The van der Waals surface area contributed by atoms with Gasteiger partial charge in [0, 0.05) is 37.2 Å². The second kappa shape index (κ2) is 8.47. The Morgan fingerprint density at radius 3 is 2.69 bits per heavy atom. The van der Waals surface area contributed by atoms with Gasteiger partial charge >= 0.3 is 0 Å². The van der Waals surface area contributed by atoms with E-state index in [9.17, 15) is 9.59 Å². The van der Waals surface area contributed by atoms with E-state index >= 15 is 0 Å². The summed E-state index contributed by atoms with van der Waals surface area (Å²) in [6.45, 7) is 7.34. The van der Waals surface area contributed by atoms with Crippen LogP contribution in [0.25, 0.3) is 0 Å². The molecule has 0 radical (unpaired) electrons. The van der Waals surface area contributed by atoms with Crippen LogP contribution in [0.1, 0.15) is 27.9 Å². The highest BCUT2D eigenvalue weighted by molar-refractivity contribution is 7.08. The maximum absolute atomic E-state index is 12.5. The number of hydrogen-bond acceptors (Lipinski definition) is 4. The molecule has 1 aliphatic heterocycles. The third-order valence-corrected chi connectivity index (χ3v) is 5.35. The van der Waals surface area contributed by atoms with Crippen LogP contribution in [0.5, 0.6) is 0 Å². The van der Waals surface area contributed by atoms with Crippen LogP contribution in [-0.4, -0.2) is 54.3 Å². The Labute approximate surface area is 158 Å². The minimum atomic E-state index is -0.00503. The third-order valence-electron chi connectivity index (χ3n) is 4.67. The molecule has 1 saturated heterocycles. The minimum Gasteiger partial charge on any atom is -0.337 e. The number of nitrogens with zero attached hydrogens (tertiary/aromatic N) is 2. The van der Waals surface area contributed by atoms with Gasteiger partial charge in [-0.3, -0.25) is 14.5 Å². The number of rotatable bonds is 4. The lowest BCUT2D eigenvalue weighted by molar-refractivity contribution is -0.117. The summed E-state index contributed by atoms with van der Waals surface area (Å²) in [6.07, 6.45) is 0.882. The van der Waals surface area contributed by atoms with Gasteiger partial charge in [0.2, 0.25) is 5.91 Å². The van der Waals surface area contributed by atoms with Crippen molar-refractivity contribution >= 4 is 28.8 Å². The molecule has 26 heavy (non-hydrogen) atoms. The van der Waals surface area contributed by atoms with Crippen molar-refractivity contribution in [2.75, 3.05) is 38.0 Å². The Morgan fingerprint density at radius 2 is 1.96 bits per heavy atom. The summed E-state index contributed by atoms with van der Waals surface area (Å²) in [5.41, 5.74) is 3.88. The number of aryl methyl sites for hydroxylation is 2. The summed E-state index contributed by atoms with van der Waals surface area (Å²) in [6, 6.07) is 7.89. The Hall–Kier alpha value is -2.18. The lowest BCUT2D eigenvalue weighted by atomic mass is 10.1. The Bertz CT molecular complexity index is 773. The molecular weight excluding hydrogens is 346 g/mol. The Morgan fingerprint density at radius 1 is 1.12 bits per heavy atom. The Kier molecular flexibility index (Phi) is 6.06. The number of carbonyl (C=O) groups excluding carboxylic acids is 2. The van der Waals surface area contributed by atoms with Crippen LogP contribution in [-0.2, 0) is 4.79 Å². The summed E-state index contributed by atoms with van der Waals surface area (Å²) in [7, 11) is 0. The zero-order valence-corrected chi connectivity index (χ0v) is 16.1. The van der Waals surface area contributed by atoms with Crippen LogP contribution in [0.4, 0.5) is 5.69 Å². The van der Waals surface area contributed by atoms with E-state index < -0.39 is 0 Å². The molecule has 2 aromatic rings. The predicted octanol–water partition coefficient (Wildman–Crippen LogP) is 3.15. The Balaban J connectivity index is 1.52. The largest absolute Gasteiger partial charge is 0.337 e. The molecule has 2 amide bonds. The van der Waals surface area contributed by atoms with Crippen molar-refractivity contribution in [3.8, 4) is 0 Å². The lowest BCUT2D eigenvalue weighted by Crippen LogP contribution is -2.38. The maximum atomic E-state index is 12.5. The van der Waals surface area contributed by atoms with Gasteiger partial charge in [0.05, 0.1) is 12.1 Å². The van der Waals surface area contributed by atoms with Crippen LogP contribution < -0.4 is 5.32 Å². The van der Waals surface area contributed by atoms with Gasteiger partial charge in [-0.1, -0.05) is 17.7 Å². The van der Waals surface area contributed by atoms with Gasteiger partial charge in [-0.25, -0.2) is 0 Å². The molecule has 2 heterocycles. The van der Waals surface area contributed by atoms with Crippen molar-refractivity contribution in [3.63, 3.8) is 0 Å². The standard InChI is InChI=1S/C20H25N3O2S/c1-15-4-5-18(16(2)12-15)21-19(24)13-22-7-3-8-23(10-9-22)20(25)17-6-11-26-14-17/h4-6,11-12,14H,3,7-10,13H2,1-2H3,(H,21,24). The topological polar surface area (TPSA) is 52.7 Å². The summed E-state index contributed by atoms with van der Waals surface area (Å²) < 4.78 is 0. The summed E-state index contributed by atoms with van der Waals surface area (Å²) in [5.74, 6) is 0.0856. The number of amides is 2. The average Bonchev–Trinajstić information content (AvgIpc) is 3.04. The number of benzene rings is 1. The fourth-order valence-corrected chi connectivity index (χ4v) is 3.88. The first-order valence-corrected chi connectivity index (χ1v) is 9.88. The molecule has 1 N–H and O–H groups in total. The van der Waals surface area contributed by atoms with Gasteiger partial charge in [-0.15, -0.1) is 0 Å². The second-order valence-electron chi connectivity index (χ2n) is 6.80. The molecule has 1 fully saturated rings. The van der Waals surface area contributed by atoms with Crippen molar-refractivity contribution in [2.45, 2.75) is 20.3 Å². The molecule has 0 atom stereocenters. The first kappa shape index (κ1) is 18.6. The number of thiophene rings is 1. The molecule has 0 aliphatic carbocycles. The number of anilines is 1. The molecule has 3 rings (SSSR count). The fraction of sp³-hybridized carbons (Fsp3) is 0.400. The first-order chi connectivity index (χ1) is 12.5. The highest BCUT2D eigenvalue weighted by atomic mass is 32.1. The molecule has 5 nitrogen and oxygen atoms in total. The normalized spacial score (nSPS) is 15.5. The maximum Gasteiger partial charge on any atom is 0.254 e. The van der Waals surface area contributed by atoms with Crippen LogP contribution in [0.2, 0.25) is 0 Å². The van der Waals surface area contributed by atoms with Crippen molar-refractivity contribution in [1.29, 1.82) is 0 Å². The van der Waals surface area contributed by atoms with Crippen molar-refractivity contribution in [3.05, 3.63) is 51.7 Å². The van der Waals surface area contributed by atoms with Crippen LogP contribution in [0.15, 0.2) is 35.0 Å². The van der Waals surface area contributed by atoms with Gasteiger partial charge in [0.25, 0.3) is 5.91 Å². The fourth-order valence-electron chi connectivity index (χ4n) is 3.25. The van der Waals surface area contributed by atoms with Gasteiger partial charge in [0.1, 0.15) is 0 Å². The summed E-state index contributed by atoms with van der Waals surface area (Å²) in [4.78, 5) is 28.9. The second-order valence-corrected chi connectivity index (χ2v) is 7.58. The summed E-state index contributed by atoms with van der Waals surface area (Å²) in [5, 5.41) is 6.82. The van der Waals surface area contributed by atoms with E-state index in [-0.39, 0.29) is 11.8 Å². The molecule has 1 aliphatic rings. The first-order valence-electron chi connectivity index (χ1n) is 8.94. The van der Waals surface area contributed by atoms with E-state index in [1.165, 1.54) is 16.9 Å². The number of hydrogen-bond donors (Lipinski definition) is 1. The smallest absolute Gasteiger partial charge is 0.254 e. The van der Waals surface area contributed by atoms with Gasteiger partial charge in [0.15, 0.2) is 0 Å². The zero-order valence-electron chi connectivity index (χ0n) is 15.3. The number of nitrogens with one attached hydrogen (secondary N) is 1. The third kappa shape index (κ3) is 4.71. The van der Waals surface area contributed by atoms with Crippen LogP contribution in [0, 0.1) is 13.8 Å². The van der Waals surface area contributed by atoms with Crippen LogP contribution in [0.3, 0.4) is 0 Å². The van der Waals surface area contributed by atoms with E-state index in [1.54, 1.807) is 0 Å². The monoisotopic (exact) mass is 371 g/mol.